The van der Waals surface area contributed by atoms with E-state index < -0.39 is 23.7 Å². The Morgan fingerprint density at radius 3 is 2.82 bits per heavy atom. The number of phenols is 1. The van der Waals surface area contributed by atoms with Gasteiger partial charge >= 0.3 is 0 Å². The van der Waals surface area contributed by atoms with Gasteiger partial charge in [-0.25, -0.2) is 4.98 Å². The predicted octanol–water partition coefficient (Wildman–Crippen LogP) is 1.33. The number of hydrogen-bond acceptors (Lipinski definition) is 9. The van der Waals surface area contributed by atoms with Crippen molar-refractivity contribution in [2.75, 3.05) is 43.2 Å². The van der Waals surface area contributed by atoms with Crippen molar-refractivity contribution in [1.29, 1.82) is 0 Å². The first-order chi connectivity index (χ1) is 18.6. The molecule has 2 aromatic rings. The van der Waals surface area contributed by atoms with Crippen LogP contribution in [-0.2, 0) is 14.3 Å². The third kappa shape index (κ3) is 5.33. The summed E-state index contributed by atoms with van der Waals surface area (Å²) in [5.41, 5.74) is 6.57. The number of rotatable bonds is 6. The number of primary amides is 1. The Balaban J connectivity index is 1.39. The van der Waals surface area contributed by atoms with E-state index in [1.165, 1.54) is 18.3 Å². The summed E-state index contributed by atoms with van der Waals surface area (Å²) in [4.78, 5) is 46.1. The predicted molar refractivity (Wildman–Crippen MR) is 145 cm³/mol. The summed E-state index contributed by atoms with van der Waals surface area (Å²) in [7, 11) is 0. The molecule has 3 aliphatic rings. The number of anilines is 2. The number of morpholine rings is 1. The second-order valence-electron chi connectivity index (χ2n) is 9.51. The SMILES string of the molecule is C[C@H]1COCCN1c1cc(NC(=O)CN2C=C(c3cc(Cl)c(O)c(C(N)=O)c3)C3C(=O)NCNC32)c(Cl)cn1. The first kappa shape index (κ1) is 27.0. The molecule has 12 nitrogen and oxygen atoms in total. The molecule has 5 rings (SSSR count). The first-order valence-corrected chi connectivity index (χ1v) is 13.0. The minimum absolute atomic E-state index is 0.0863. The minimum Gasteiger partial charge on any atom is -0.506 e. The van der Waals surface area contributed by atoms with Gasteiger partial charge in [-0.05, 0) is 30.2 Å². The van der Waals surface area contributed by atoms with E-state index in [0.717, 1.165) is 0 Å². The van der Waals surface area contributed by atoms with Gasteiger partial charge in [-0.2, -0.15) is 0 Å². The highest BCUT2D eigenvalue weighted by Gasteiger charge is 2.43. The molecule has 6 N–H and O–H groups in total. The number of ether oxygens (including phenoxy) is 1. The molecule has 3 aliphatic heterocycles. The second-order valence-corrected chi connectivity index (χ2v) is 10.3. The number of carbonyl (C=O) groups is 3. The van der Waals surface area contributed by atoms with E-state index in [-0.39, 0.29) is 46.7 Å². The van der Waals surface area contributed by atoms with Gasteiger partial charge in [0.05, 0.1) is 72.0 Å². The summed E-state index contributed by atoms with van der Waals surface area (Å²) in [6, 6.07) is 4.67. The molecular weight excluding hydrogens is 549 g/mol. The molecule has 14 heteroatoms. The van der Waals surface area contributed by atoms with E-state index in [4.69, 9.17) is 33.7 Å². The number of halogens is 2. The number of aromatic hydroxyl groups is 1. The van der Waals surface area contributed by atoms with Crippen molar-refractivity contribution in [3.8, 4) is 5.75 Å². The largest absolute Gasteiger partial charge is 0.506 e. The third-order valence-corrected chi connectivity index (χ3v) is 7.52. The number of hydrogen-bond donors (Lipinski definition) is 5. The number of nitrogens with two attached hydrogens (primary N) is 1. The Labute approximate surface area is 234 Å². The molecule has 206 valence electrons. The minimum atomic E-state index is -0.867. The van der Waals surface area contributed by atoms with Crippen molar-refractivity contribution in [3.63, 3.8) is 0 Å². The molecule has 0 spiro atoms. The number of benzene rings is 1. The fourth-order valence-electron chi connectivity index (χ4n) is 5.03. The summed E-state index contributed by atoms with van der Waals surface area (Å²) < 4.78 is 5.50. The molecule has 3 amide bonds. The Morgan fingerprint density at radius 2 is 2.08 bits per heavy atom. The zero-order chi connectivity index (χ0) is 27.8. The molecule has 39 heavy (non-hydrogen) atoms. The number of aromatic nitrogens is 1. The number of amides is 3. The normalized spacial score (nSPS) is 22.7. The fourth-order valence-corrected chi connectivity index (χ4v) is 5.40. The van der Waals surface area contributed by atoms with Crippen LogP contribution in [0.3, 0.4) is 0 Å². The van der Waals surface area contributed by atoms with Gasteiger partial charge in [-0.3, -0.25) is 19.7 Å². The average Bonchev–Trinajstić information content (AvgIpc) is 3.26. The third-order valence-electron chi connectivity index (χ3n) is 6.93. The fraction of sp³-hybridized carbons (Fsp3) is 0.360. The van der Waals surface area contributed by atoms with Crippen LogP contribution in [-0.4, -0.2) is 77.9 Å². The number of nitrogens with one attached hydrogen (secondary N) is 3. The average molecular weight is 576 g/mol. The van der Waals surface area contributed by atoms with Crippen LogP contribution >= 0.6 is 23.2 Å². The molecule has 4 heterocycles. The molecule has 2 saturated heterocycles. The smallest absolute Gasteiger partial charge is 0.252 e. The highest BCUT2D eigenvalue weighted by atomic mass is 35.5. The summed E-state index contributed by atoms with van der Waals surface area (Å²) in [5.74, 6) is -1.98. The lowest BCUT2D eigenvalue weighted by molar-refractivity contribution is -0.128. The van der Waals surface area contributed by atoms with Crippen molar-refractivity contribution < 1.29 is 24.2 Å². The highest BCUT2D eigenvalue weighted by molar-refractivity contribution is 6.33. The van der Waals surface area contributed by atoms with Crippen LogP contribution in [0.15, 0.2) is 30.6 Å². The molecule has 2 fully saturated rings. The summed E-state index contributed by atoms with van der Waals surface area (Å²) >= 11 is 12.5. The van der Waals surface area contributed by atoms with Crippen LogP contribution < -0.4 is 26.6 Å². The summed E-state index contributed by atoms with van der Waals surface area (Å²) in [6.07, 6.45) is 2.62. The van der Waals surface area contributed by atoms with Gasteiger partial charge in [0, 0.05) is 18.8 Å². The lowest BCUT2D eigenvalue weighted by Crippen LogP contribution is -2.59. The maximum absolute atomic E-state index is 13.2. The maximum atomic E-state index is 13.2. The van der Waals surface area contributed by atoms with E-state index in [9.17, 15) is 19.5 Å². The standard InChI is InChI=1S/C25H27Cl2N7O5/c1-12-10-39-3-2-34(12)19-6-18(17(27)7-29-19)32-20(35)9-33-8-15(21-24(33)30-11-31-25(21)38)13-4-14(23(28)37)22(36)16(26)5-13/h4-8,12,21,24,30,36H,2-3,9-11H2,1H3,(H2,28,37)(H,31,38)(H,29,32,35)/t12-,21?,24?/m0/s1. The highest BCUT2D eigenvalue weighted by Crippen LogP contribution is 2.39. The second kappa shape index (κ2) is 10.9. The van der Waals surface area contributed by atoms with E-state index in [1.54, 1.807) is 17.2 Å². The van der Waals surface area contributed by atoms with Crippen LogP contribution in [0.4, 0.5) is 11.5 Å². The molecule has 3 atom stereocenters. The van der Waals surface area contributed by atoms with Crippen molar-refractivity contribution in [3.05, 3.63) is 51.8 Å². The first-order valence-electron chi connectivity index (χ1n) is 12.2. The van der Waals surface area contributed by atoms with Crippen molar-refractivity contribution >= 4 is 58.0 Å². The number of fused-ring (bicyclic) bond motifs is 1. The van der Waals surface area contributed by atoms with Gasteiger partial charge in [-0.1, -0.05) is 23.2 Å². The van der Waals surface area contributed by atoms with Gasteiger partial charge in [-0.15, -0.1) is 0 Å². The van der Waals surface area contributed by atoms with Crippen molar-refractivity contribution in [2.24, 2.45) is 11.7 Å². The molecule has 0 saturated carbocycles. The molecule has 2 unspecified atom stereocenters. The lowest BCUT2D eigenvalue weighted by Gasteiger charge is -2.34. The molecule has 0 bridgehead atoms. The number of carbonyl (C=O) groups excluding carboxylic acids is 3. The lowest BCUT2D eigenvalue weighted by atomic mass is 9.90. The molecule has 0 radical (unpaired) electrons. The molecule has 1 aromatic carbocycles. The van der Waals surface area contributed by atoms with E-state index >= 15 is 0 Å². The van der Waals surface area contributed by atoms with Gasteiger partial charge in [0.15, 0.2) is 0 Å². The van der Waals surface area contributed by atoms with Crippen LogP contribution in [0.1, 0.15) is 22.8 Å². The number of pyridine rings is 1. The van der Waals surface area contributed by atoms with Crippen LogP contribution in [0.2, 0.25) is 10.0 Å². The van der Waals surface area contributed by atoms with Gasteiger partial charge in [0.2, 0.25) is 11.8 Å². The van der Waals surface area contributed by atoms with Gasteiger partial charge in [0.1, 0.15) is 11.6 Å². The summed E-state index contributed by atoms with van der Waals surface area (Å²) in [6.45, 7) is 3.95. The van der Waals surface area contributed by atoms with Crippen LogP contribution in [0.25, 0.3) is 5.57 Å². The van der Waals surface area contributed by atoms with Gasteiger partial charge in [0.25, 0.3) is 5.91 Å². The number of nitrogens with zero attached hydrogens (tertiary/aromatic N) is 3. The van der Waals surface area contributed by atoms with E-state index in [2.05, 4.69) is 25.8 Å². The Morgan fingerprint density at radius 1 is 1.28 bits per heavy atom. The van der Waals surface area contributed by atoms with Crippen molar-refractivity contribution in [1.82, 2.24) is 20.5 Å². The quantitative estimate of drug-likeness (QED) is 0.342. The zero-order valence-corrected chi connectivity index (χ0v) is 22.4. The Bertz CT molecular complexity index is 1370. The van der Waals surface area contributed by atoms with Crippen LogP contribution in [0.5, 0.6) is 5.75 Å². The Kier molecular flexibility index (Phi) is 7.54. The molecule has 1 aromatic heterocycles. The molecule has 0 aliphatic carbocycles. The molecular formula is C25H27Cl2N7O5. The van der Waals surface area contributed by atoms with E-state index in [1.807, 2.05) is 6.92 Å². The van der Waals surface area contributed by atoms with E-state index in [0.29, 0.717) is 42.4 Å². The monoisotopic (exact) mass is 575 g/mol. The summed E-state index contributed by atoms with van der Waals surface area (Å²) in [5, 5.41) is 19.1. The topological polar surface area (TPSA) is 162 Å². The maximum Gasteiger partial charge on any atom is 0.252 e. The van der Waals surface area contributed by atoms with Crippen LogP contribution in [0, 0.1) is 5.92 Å². The zero-order valence-electron chi connectivity index (χ0n) is 20.9. The Hall–Kier alpha value is -3.58. The van der Waals surface area contributed by atoms with Crippen molar-refractivity contribution in [2.45, 2.75) is 19.1 Å². The van der Waals surface area contributed by atoms with Gasteiger partial charge < -0.3 is 36.0 Å².